The maximum absolute atomic E-state index is 13.8. The highest BCUT2D eigenvalue weighted by molar-refractivity contribution is 7.85. The summed E-state index contributed by atoms with van der Waals surface area (Å²) in [6.07, 6.45) is 2.35. The van der Waals surface area contributed by atoms with E-state index in [-0.39, 0.29) is 25.2 Å². The summed E-state index contributed by atoms with van der Waals surface area (Å²) in [7, 11) is -5.87. The van der Waals surface area contributed by atoms with E-state index in [2.05, 4.69) is 10.1 Å². The molecule has 0 bridgehead atoms. The fraction of sp³-hybridized carbons (Fsp3) is 0.556. The van der Waals surface area contributed by atoms with Gasteiger partial charge in [-0.2, -0.15) is 8.78 Å². The summed E-state index contributed by atoms with van der Waals surface area (Å²) in [6.45, 7) is 3.79. The predicted molar refractivity (Wildman–Crippen MR) is 97.0 cm³/mol. The van der Waals surface area contributed by atoms with E-state index < -0.39 is 62.3 Å². The Morgan fingerprint density at radius 1 is 1.06 bits per heavy atom. The van der Waals surface area contributed by atoms with E-state index in [0.717, 1.165) is 19.3 Å². The van der Waals surface area contributed by atoms with Crippen LogP contribution in [-0.2, 0) is 19.7 Å². The molecule has 0 aromatic heterocycles. The van der Waals surface area contributed by atoms with Gasteiger partial charge in [-0.05, 0) is 26.7 Å². The first-order valence-electron chi connectivity index (χ1n) is 9.39. The van der Waals surface area contributed by atoms with Crippen LogP contribution < -0.4 is 10.1 Å². The SMILES string of the molecule is C[C@@H]1CCC[C@H](C)N1CC(=O)NCCC(=O)Oc1c(F)c(F)c(S(=O)(=O)[O-])c(F)c1F. The van der Waals surface area contributed by atoms with Crippen molar-refractivity contribution in [1.29, 1.82) is 0 Å². The summed E-state index contributed by atoms with van der Waals surface area (Å²) in [5, 5.41) is 2.43. The number of carbonyl (C=O) groups excluding carboxylic acids is 2. The van der Waals surface area contributed by atoms with Crippen LogP contribution in [0.15, 0.2) is 4.90 Å². The Balaban J connectivity index is 1.97. The van der Waals surface area contributed by atoms with Gasteiger partial charge in [0.05, 0.1) is 13.0 Å². The number of carbonyl (C=O) groups is 2. The number of amides is 1. The first-order chi connectivity index (χ1) is 14.3. The Hall–Kier alpha value is -2.25. The monoisotopic (exact) mass is 469 g/mol. The zero-order valence-corrected chi connectivity index (χ0v) is 17.5. The lowest BCUT2D eigenvalue weighted by molar-refractivity contribution is -0.134. The molecular weight excluding hydrogens is 448 g/mol. The Kier molecular flexibility index (Phi) is 8.00. The third-order valence-electron chi connectivity index (χ3n) is 5.00. The molecule has 0 saturated carbocycles. The van der Waals surface area contributed by atoms with E-state index in [1.807, 2.05) is 18.7 Å². The van der Waals surface area contributed by atoms with Crippen molar-refractivity contribution in [3.05, 3.63) is 23.3 Å². The number of nitrogens with zero attached hydrogens (tertiary/aromatic N) is 1. The normalized spacial score (nSPS) is 19.8. The van der Waals surface area contributed by atoms with Gasteiger partial charge in [0.25, 0.3) is 0 Å². The summed E-state index contributed by atoms with van der Waals surface area (Å²) in [4.78, 5) is 23.5. The first-order valence-corrected chi connectivity index (χ1v) is 10.8. The van der Waals surface area contributed by atoms with Crippen molar-refractivity contribution < 1.29 is 44.9 Å². The standard InChI is InChI=1S/C18H22F4N2O6S/c1-9-4-3-5-10(2)24(9)8-11(25)23-7-6-12(26)30-17-13(19)15(21)18(31(27,28)29)16(22)14(17)20/h9-10H,3-8H2,1-2H3,(H,23,25)(H,27,28,29)/p-1/t9-,10+. The molecule has 1 aliphatic heterocycles. The van der Waals surface area contributed by atoms with Gasteiger partial charge in [0, 0.05) is 18.6 Å². The summed E-state index contributed by atoms with van der Waals surface area (Å²) in [6, 6.07) is 0.409. The van der Waals surface area contributed by atoms with E-state index in [9.17, 15) is 40.1 Å². The Morgan fingerprint density at radius 3 is 2.06 bits per heavy atom. The first kappa shape index (κ1) is 25.0. The number of esters is 1. The molecule has 31 heavy (non-hydrogen) atoms. The molecule has 8 nitrogen and oxygen atoms in total. The van der Waals surface area contributed by atoms with Crippen molar-refractivity contribution in [3.8, 4) is 5.75 Å². The molecule has 1 heterocycles. The number of hydrogen-bond donors (Lipinski definition) is 1. The number of likely N-dealkylation sites (tertiary alicyclic amines) is 1. The molecule has 1 aromatic carbocycles. The Bertz CT molecular complexity index is 933. The fourth-order valence-corrected chi connectivity index (χ4v) is 4.00. The average molecular weight is 469 g/mol. The number of rotatable bonds is 7. The number of benzene rings is 1. The number of piperidine rings is 1. The minimum Gasteiger partial charge on any atom is -0.744 e. The Labute approximate surface area is 176 Å². The third-order valence-corrected chi connectivity index (χ3v) is 5.86. The second-order valence-electron chi connectivity index (χ2n) is 7.24. The summed E-state index contributed by atoms with van der Waals surface area (Å²) in [5.41, 5.74) is 0. The van der Waals surface area contributed by atoms with Crippen molar-refractivity contribution in [3.63, 3.8) is 0 Å². The molecule has 1 aliphatic rings. The van der Waals surface area contributed by atoms with Crippen LogP contribution in [0.1, 0.15) is 39.5 Å². The topological polar surface area (TPSA) is 116 Å². The molecule has 1 saturated heterocycles. The van der Waals surface area contributed by atoms with Crippen LogP contribution in [0.3, 0.4) is 0 Å². The zero-order valence-electron chi connectivity index (χ0n) is 16.7. The molecule has 2 rings (SSSR count). The van der Waals surface area contributed by atoms with Gasteiger partial charge in [-0.15, -0.1) is 0 Å². The molecule has 1 N–H and O–H groups in total. The van der Waals surface area contributed by atoms with Crippen molar-refractivity contribution in [2.45, 2.75) is 56.5 Å². The van der Waals surface area contributed by atoms with Gasteiger partial charge in [-0.25, -0.2) is 17.2 Å². The van der Waals surface area contributed by atoms with Crippen LogP contribution in [0.5, 0.6) is 5.75 Å². The van der Waals surface area contributed by atoms with Gasteiger partial charge >= 0.3 is 5.97 Å². The summed E-state index contributed by atoms with van der Waals surface area (Å²) >= 11 is 0. The molecule has 1 amide bonds. The van der Waals surface area contributed by atoms with E-state index in [1.54, 1.807) is 0 Å². The lowest BCUT2D eigenvalue weighted by Crippen LogP contribution is -2.48. The molecule has 174 valence electrons. The molecule has 0 radical (unpaired) electrons. The third kappa shape index (κ3) is 5.92. The molecule has 1 aromatic rings. The summed E-state index contributed by atoms with van der Waals surface area (Å²) < 4.78 is 91.6. The fourth-order valence-electron chi connectivity index (χ4n) is 3.38. The average Bonchev–Trinajstić information content (AvgIpc) is 2.66. The van der Waals surface area contributed by atoms with Gasteiger partial charge in [0.15, 0.2) is 11.6 Å². The van der Waals surface area contributed by atoms with Crippen molar-refractivity contribution in [2.24, 2.45) is 0 Å². The highest BCUT2D eigenvalue weighted by Gasteiger charge is 2.31. The maximum atomic E-state index is 13.8. The van der Waals surface area contributed by atoms with Crippen molar-refractivity contribution in [2.75, 3.05) is 13.1 Å². The lowest BCUT2D eigenvalue weighted by Gasteiger charge is -2.38. The van der Waals surface area contributed by atoms with Crippen LogP contribution in [0.25, 0.3) is 0 Å². The highest BCUT2D eigenvalue weighted by atomic mass is 32.2. The van der Waals surface area contributed by atoms with E-state index >= 15 is 0 Å². The number of ether oxygens (including phenoxy) is 1. The predicted octanol–water partition coefficient (Wildman–Crippen LogP) is 1.82. The number of halogens is 4. The van der Waals surface area contributed by atoms with Gasteiger partial charge in [0.2, 0.25) is 23.3 Å². The lowest BCUT2D eigenvalue weighted by atomic mass is 9.97. The van der Waals surface area contributed by atoms with Crippen LogP contribution in [0.4, 0.5) is 17.6 Å². The minimum atomic E-state index is -5.87. The second kappa shape index (κ2) is 9.92. The van der Waals surface area contributed by atoms with E-state index in [1.165, 1.54) is 0 Å². The molecule has 2 atom stereocenters. The number of nitrogens with one attached hydrogen (secondary N) is 1. The molecule has 0 aliphatic carbocycles. The van der Waals surface area contributed by atoms with Crippen molar-refractivity contribution in [1.82, 2.24) is 10.2 Å². The van der Waals surface area contributed by atoms with Crippen LogP contribution in [0, 0.1) is 23.3 Å². The van der Waals surface area contributed by atoms with Crippen molar-refractivity contribution >= 4 is 22.0 Å². The summed E-state index contributed by atoms with van der Waals surface area (Å²) in [5.74, 6) is -13.3. The van der Waals surface area contributed by atoms with Gasteiger partial charge < -0.3 is 14.6 Å². The van der Waals surface area contributed by atoms with Crippen LogP contribution in [0.2, 0.25) is 0 Å². The smallest absolute Gasteiger partial charge is 0.313 e. The molecule has 0 spiro atoms. The van der Waals surface area contributed by atoms with Gasteiger partial charge in [-0.1, -0.05) is 6.42 Å². The zero-order chi connectivity index (χ0) is 23.5. The van der Waals surface area contributed by atoms with Crippen LogP contribution in [-0.4, -0.2) is 54.9 Å². The van der Waals surface area contributed by atoms with Crippen LogP contribution >= 0.6 is 0 Å². The largest absolute Gasteiger partial charge is 0.744 e. The quantitative estimate of drug-likeness (QED) is 0.213. The van der Waals surface area contributed by atoms with Gasteiger partial charge in [0.1, 0.15) is 15.0 Å². The molecule has 13 heteroatoms. The van der Waals surface area contributed by atoms with Gasteiger partial charge in [-0.3, -0.25) is 14.5 Å². The van der Waals surface area contributed by atoms with E-state index in [4.69, 9.17) is 0 Å². The second-order valence-corrected chi connectivity index (χ2v) is 8.56. The number of hydrogen-bond acceptors (Lipinski definition) is 7. The molecule has 1 fully saturated rings. The maximum Gasteiger partial charge on any atom is 0.313 e. The van der Waals surface area contributed by atoms with E-state index in [0.29, 0.717) is 0 Å². The minimum absolute atomic E-state index is 0.0855. The highest BCUT2D eigenvalue weighted by Crippen LogP contribution is 2.32. The molecule has 0 unspecified atom stereocenters. The molecular formula is C18H21F4N2O6S-. The Morgan fingerprint density at radius 2 is 1.58 bits per heavy atom.